The number of carbonyl (C=O) groups is 1. The van der Waals surface area contributed by atoms with Gasteiger partial charge in [0.25, 0.3) is 10.0 Å². The second-order valence-corrected chi connectivity index (χ2v) is 6.56. The summed E-state index contributed by atoms with van der Waals surface area (Å²) in [6.45, 7) is 0.169. The van der Waals surface area contributed by atoms with Gasteiger partial charge >= 0.3 is 11.2 Å². The van der Waals surface area contributed by atoms with Crippen LogP contribution in [-0.2, 0) is 31.2 Å². The number of carboxylic acid groups (broad SMARTS) is 1. The van der Waals surface area contributed by atoms with Crippen LogP contribution >= 0.6 is 0 Å². The predicted molar refractivity (Wildman–Crippen MR) is 71.5 cm³/mol. The van der Waals surface area contributed by atoms with Crippen molar-refractivity contribution in [1.29, 1.82) is 0 Å². The van der Waals surface area contributed by atoms with Gasteiger partial charge in [-0.15, -0.1) is 0 Å². The minimum absolute atomic E-state index is 0.0332. The van der Waals surface area contributed by atoms with E-state index in [9.17, 15) is 22.0 Å². The van der Waals surface area contributed by atoms with Crippen LogP contribution in [0.2, 0.25) is 0 Å². The van der Waals surface area contributed by atoms with Crippen molar-refractivity contribution >= 4 is 16.0 Å². The lowest BCUT2D eigenvalue weighted by molar-refractivity contribution is -0.138. The Balaban J connectivity index is 2.43. The van der Waals surface area contributed by atoms with E-state index in [1.165, 1.54) is 12.1 Å². The van der Waals surface area contributed by atoms with Gasteiger partial charge in [0.15, 0.2) is 0 Å². The Hall–Kier alpha value is -1.62. The van der Waals surface area contributed by atoms with Crippen LogP contribution in [0.1, 0.15) is 22.8 Å². The van der Waals surface area contributed by atoms with E-state index in [-0.39, 0.29) is 18.6 Å². The second-order valence-electron chi connectivity index (χ2n) is 4.95. The molecule has 0 aromatic heterocycles. The molecule has 1 aromatic rings. The molecule has 1 saturated heterocycles. The fourth-order valence-corrected chi connectivity index (χ4v) is 2.49. The smallest absolute Gasteiger partial charge is 0.384 e. The van der Waals surface area contributed by atoms with Gasteiger partial charge in [-0.05, 0) is 17.5 Å². The molecule has 5 N–H and O–H groups in total. The summed E-state index contributed by atoms with van der Waals surface area (Å²) < 4.78 is 55.0. The molecule has 1 fully saturated rings. The lowest BCUT2D eigenvalue weighted by Crippen LogP contribution is -2.34. The van der Waals surface area contributed by atoms with E-state index >= 15 is 0 Å². The van der Waals surface area contributed by atoms with Crippen molar-refractivity contribution in [3.05, 3.63) is 34.9 Å². The first kappa shape index (κ1) is 16.7. The highest BCUT2D eigenvalue weighted by molar-refractivity contribution is 7.89. The van der Waals surface area contributed by atoms with E-state index in [4.69, 9.17) is 15.6 Å². The maximum atomic E-state index is 13.9. The van der Waals surface area contributed by atoms with E-state index in [1.807, 2.05) is 0 Å². The highest BCUT2D eigenvalue weighted by atomic mass is 32.2. The van der Waals surface area contributed by atoms with Gasteiger partial charge in [0.1, 0.15) is 12.1 Å². The molecular formula is C12H14F2N2O5S. The monoisotopic (exact) mass is 336 g/mol. The number of halogens is 2. The quantitative estimate of drug-likeness (QED) is 0.628. The van der Waals surface area contributed by atoms with Crippen LogP contribution in [-0.4, -0.2) is 32.1 Å². The fourth-order valence-electron chi connectivity index (χ4n) is 1.99. The van der Waals surface area contributed by atoms with Crippen molar-refractivity contribution in [3.8, 4) is 0 Å². The van der Waals surface area contributed by atoms with Gasteiger partial charge in [-0.25, -0.2) is 13.6 Å². The Morgan fingerprint density at radius 3 is 2.55 bits per heavy atom. The number of rotatable bonds is 6. The summed E-state index contributed by atoms with van der Waals surface area (Å²) in [5, 5.41) is 9.07. The lowest BCUT2D eigenvalue weighted by Gasteiger charge is -2.18. The Morgan fingerprint density at radius 1 is 1.50 bits per heavy atom. The van der Waals surface area contributed by atoms with Crippen LogP contribution in [0, 0.1) is 0 Å². The minimum Gasteiger partial charge on any atom is -0.480 e. The third-order valence-corrected chi connectivity index (χ3v) is 4.17. The molecule has 10 heteroatoms. The molecule has 0 bridgehead atoms. The van der Waals surface area contributed by atoms with Gasteiger partial charge in [-0.1, -0.05) is 18.2 Å². The molecule has 122 valence electrons. The molecule has 1 aliphatic heterocycles. The number of alkyl halides is 2. The van der Waals surface area contributed by atoms with Gasteiger partial charge in [0.05, 0.1) is 6.61 Å². The first-order valence-corrected chi connectivity index (χ1v) is 7.72. The topological polar surface area (TPSA) is 136 Å². The molecule has 1 aromatic carbocycles. The fraction of sp³-hybridized carbons (Fsp3) is 0.417. The van der Waals surface area contributed by atoms with Crippen molar-refractivity contribution in [2.45, 2.75) is 23.8 Å². The van der Waals surface area contributed by atoms with Crippen molar-refractivity contribution in [3.63, 3.8) is 0 Å². The van der Waals surface area contributed by atoms with Crippen molar-refractivity contribution in [2.75, 3.05) is 6.61 Å². The summed E-state index contributed by atoms with van der Waals surface area (Å²) in [6, 6.07) is 2.18. The average molecular weight is 336 g/mol. The highest BCUT2D eigenvalue weighted by Crippen LogP contribution is 2.41. The molecule has 2 atom stereocenters. The molecule has 22 heavy (non-hydrogen) atoms. The summed E-state index contributed by atoms with van der Waals surface area (Å²) in [7, 11) is -5.14. The number of hydrogen-bond acceptors (Lipinski definition) is 5. The molecule has 0 amide bonds. The van der Waals surface area contributed by atoms with Crippen molar-refractivity contribution in [2.24, 2.45) is 10.9 Å². The number of benzene rings is 1. The third kappa shape index (κ3) is 3.24. The summed E-state index contributed by atoms with van der Waals surface area (Å²) in [6.07, 6.45) is -0.750. The molecule has 0 saturated carbocycles. The molecule has 1 heterocycles. The number of hydrogen-bond donors (Lipinski definition) is 3. The van der Waals surface area contributed by atoms with Crippen LogP contribution < -0.4 is 10.9 Å². The van der Waals surface area contributed by atoms with Crippen LogP contribution in [0.5, 0.6) is 0 Å². The number of ether oxygens (including phenoxy) is 1. The van der Waals surface area contributed by atoms with Crippen LogP contribution in [0.4, 0.5) is 8.78 Å². The number of nitrogens with two attached hydrogens (primary N) is 2. The van der Waals surface area contributed by atoms with Gasteiger partial charge in [-0.2, -0.15) is 8.78 Å². The van der Waals surface area contributed by atoms with Gasteiger partial charge < -0.3 is 15.6 Å². The Morgan fingerprint density at radius 2 is 2.09 bits per heavy atom. The molecule has 2 unspecified atom stereocenters. The first-order valence-electron chi connectivity index (χ1n) is 6.17. The normalized spacial score (nSPS) is 19.7. The van der Waals surface area contributed by atoms with Crippen molar-refractivity contribution < 1.29 is 31.8 Å². The standard InChI is InChI=1S/C12H14F2N2O5S/c13-12(14,22(16,19)20)8-2-1-6(4-9(15)11(17)18)3-7(8)10-5-21-10/h1-3,9-10H,4-5,15H2,(H,17,18)(H2,16,19,20). The number of carboxylic acids is 1. The number of epoxide rings is 1. The maximum absolute atomic E-state index is 13.9. The zero-order valence-electron chi connectivity index (χ0n) is 11.2. The van der Waals surface area contributed by atoms with Crippen LogP contribution in [0.25, 0.3) is 0 Å². The van der Waals surface area contributed by atoms with Crippen molar-refractivity contribution in [1.82, 2.24) is 0 Å². The summed E-state index contributed by atoms with van der Waals surface area (Å²) in [5.41, 5.74) is 4.97. The zero-order chi connectivity index (χ0) is 16.7. The summed E-state index contributed by atoms with van der Waals surface area (Å²) in [4.78, 5) is 10.7. The molecule has 1 aliphatic rings. The molecule has 0 radical (unpaired) electrons. The number of sulfonamides is 1. The maximum Gasteiger partial charge on any atom is 0.384 e. The number of aliphatic carboxylic acids is 1. The second kappa shape index (κ2) is 5.54. The van der Waals surface area contributed by atoms with E-state index in [1.54, 1.807) is 0 Å². The highest BCUT2D eigenvalue weighted by Gasteiger charge is 2.48. The minimum atomic E-state index is -5.14. The van der Waals surface area contributed by atoms with Crippen LogP contribution in [0.3, 0.4) is 0 Å². The lowest BCUT2D eigenvalue weighted by atomic mass is 9.98. The van der Waals surface area contributed by atoms with E-state index in [0.717, 1.165) is 6.07 Å². The van der Waals surface area contributed by atoms with E-state index in [2.05, 4.69) is 5.14 Å². The zero-order valence-corrected chi connectivity index (χ0v) is 12.0. The van der Waals surface area contributed by atoms with Gasteiger partial charge in [0.2, 0.25) is 0 Å². The van der Waals surface area contributed by atoms with Crippen LogP contribution in [0.15, 0.2) is 18.2 Å². The summed E-state index contributed by atoms with van der Waals surface area (Å²) >= 11 is 0. The molecular weight excluding hydrogens is 322 g/mol. The molecule has 0 aliphatic carbocycles. The largest absolute Gasteiger partial charge is 0.480 e. The Bertz CT molecular complexity index is 703. The number of primary sulfonamides is 1. The predicted octanol–water partition coefficient (Wildman–Crippen LogP) is 0.0501. The average Bonchev–Trinajstić information content (AvgIpc) is 3.21. The summed E-state index contributed by atoms with van der Waals surface area (Å²) in [5.74, 6) is -1.23. The third-order valence-electron chi connectivity index (χ3n) is 3.24. The molecule has 2 rings (SSSR count). The SMILES string of the molecule is NC(Cc1ccc(C(F)(F)S(N)(=O)=O)c(C2CO2)c1)C(=O)O. The van der Waals surface area contributed by atoms with E-state index < -0.39 is 39.0 Å². The molecule has 7 nitrogen and oxygen atoms in total. The van der Waals surface area contributed by atoms with Gasteiger partial charge in [0, 0.05) is 5.56 Å². The van der Waals surface area contributed by atoms with Gasteiger partial charge in [-0.3, -0.25) is 4.79 Å². The Kier molecular flexibility index (Phi) is 4.22. The van der Waals surface area contributed by atoms with E-state index in [0.29, 0.717) is 5.56 Å². The Labute approximate surface area is 124 Å². The first-order chi connectivity index (χ1) is 10.0. The molecule has 0 spiro atoms.